The lowest BCUT2D eigenvalue weighted by atomic mass is 10.2. The molecule has 0 fully saturated rings. The van der Waals surface area contributed by atoms with Gasteiger partial charge in [0.25, 0.3) is 0 Å². The maximum Gasteiger partial charge on any atom is 0.0915 e. The summed E-state index contributed by atoms with van der Waals surface area (Å²) in [5.74, 6) is 0. The maximum absolute atomic E-state index is 5.12. The van der Waals surface area contributed by atoms with Crippen LogP contribution in [0.5, 0.6) is 0 Å². The number of rotatable bonds is 8. The summed E-state index contributed by atoms with van der Waals surface area (Å²) in [5.41, 5.74) is 2.92. The highest BCUT2D eigenvalue weighted by molar-refractivity contribution is 4.69. The lowest BCUT2D eigenvalue weighted by molar-refractivity contribution is -0.00987. The summed E-state index contributed by atoms with van der Waals surface area (Å²) in [5, 5.41) is 0. The third-order valence-electron chi connectivity index (χ3n) is 1.48. The Balaban J connectivity index is 3.07. The summed E-state index contributed by atoms with van der Waals surface area (Å²) >= 11 is 0. The topological polar surface area (TPSA) is 30.5 Å². The van der Waals surface area contributed by atoms with Crippen molar-refractivity contribution < 1.29 is 9.57 Å². The summed E-state index contributed by atoms with van der Waals surface area (Å²) in [6.07, 6.45) is 3.98. The number of allylic oxidation sites excluding steroid dienone is 1. The van der Waals surface area contributed by atoms with Gasteiger partial charge in [-0.05, 0) is 19.8 Å². The van der Waals surface area contributed by atoms with E-state index in [-0.39, 0.29) is 0 Å². The van der Waals surface area contributed by atoms with Gasteiger partial charge in [-0.2, -0.15) is 5.48 Å². The molecule has 1 unspecified atom stereocenters. The number of hydroxylamine groups is 1. The molecule has 0 spiro atoms. The molecule has 0 aromatic carbocycles. The molecule has 72 valence electrons. The first-order chi connectivity index (χ1) is 5.81. The molecule has 1 N–H and O–H groups in total. The van der Waals surface area contributed by atoms with E-state index < -0.39 is 0 Å². The minimum absolute atomic E-state index is 0.375. The van der Waals surface area contributed by atoms with E-state index in [4.69, 9.17) is 9.57 Å². The van der Waals surface area contributed by atoms with Crippen LogP contribution in [-0.4, -0.2) is 26.4 Å². The molecule has 12 heavy (non-hydrogen) atoms. The monoisotopic (exact) mass is 173 g/mol. The van der Waals surface area contributed by atoms with Crippen molar-refractivity contribution in [3.05, 3.63) is 12.7 Å². The van der Waals surface area contributed by atoms with Crippen LogP contribution in [0.4, 0.5) is 0 Å². The molecule has 0 aliphatic rings. The fourth-order valence-electron chi connectivity index (χ4n) is 0.753. The maximum atomic E-state index is 5.12. The number of hydrogen-bond donors (Lipinski definition) is 1. The normalized spacial score (nSPS) is 12.8. The second kappa shape index (κ2) is 8.71. The average Bonchev–Trinajstić information content (AvgIpc) is 2.09. The van der Waals surface area contributed by atoms with Crippen LogP contribution in [0.3, 0.4) is 0 Å². The molecular formula is C9H19NO2. The molecule has 0 aromatic rings. The number of hydrogen-bond acceptors (Lipinski definition) is 3. The fourth-order valence-corrected chi connectivity index (χ4v) is 0.753. The van der Waals surface area contributed by atoms with Crippen molar-refractivity contribution in [1.82, 2.24) is 5.48 Å². The Morgan fingerprint density at radius 2 is 2.25 bits per heavy atom. The largest absolute Gasteiger partial charge is 0.382 e. The highest BCUT2D eigenvalue weighted by atomic mass is 16.7. The van der Waals surface area contributed by atoms with E-state index >= 15 is 0 Å². The van der Waals surface area contributed by atoms with Gasteiger partial charge in [0.2, 0.25) is 0 Å². The molecule has 0 radical (unpaired) electrons. The van der Waals surface area contributed by atoms with E-state index in [1.807, 2.05) is 6.08 Å². The number of methoxy groups -OCH3 is 1. The van der Waals surface area contributed by atoms with Crippen molar-refractivity contribution >= 4 is 0 Å². The predicted octanol–water partition coefficient (Wildman–Crippen LogP) is 1.51. The van der Waals surface area contributed by atoms with Gasteiger partial charge >= 0.3 is 0 Å². The van der Waals surface area contributed by atoms with Gasteiger partial charge in [-0.15, -0.1) is 6.58 Å². The van der Waals surface area contributed by atoms with Crippen LogP contribution >= 0.6 is 0 Å². The average molecular weight is 173 g/mol. The smallest absolute Gasteiger partial charge is 0.0915 e. The molecule has 0 amide bonds. The van der Waals surface area contributed by atoms with E-state index in [2.05, 4.69) is 19.0 Å². The Morgan fingerprint density at radius 1 is 1.50 bits per heavy atom. The van der Waals surface area contributed by atoms with Crippen molar-refractivity contribution in [3.63, 3.8) is 0 Å². The van der Waals surface area contributed by atoms with Crippen LogP contribution in [0.15, 0.2) is 12.7 Å². The molecule has 0 aliphatic carbocycles. The van der Waals surface area contributed by atoms with Crippen LogP contribution in [0.1, 0.15) is 19.8 Å². The van der Waals surface area contributed by atoms with Crippen LogP contribution in [0, 0.1) is 0 Å². The second-order valence-electron chi connectivity index (χ2n) is 2.73. The van der Waals surface area contributed by atoms with E-state index in [1.54, 1.807) is 7.11 Å². The Hall–Kier alpha value is -0.380. The van der Waals surface area contributed by atoms with Gasteiger partial charge in [0.1, 0.15) is 0 Å². The predicted molar refractivity (Wildman–Crippen MR) is 49.9 cm³/mol. The van der Waals surface area contributed by atoms with Crippen molar-refractivity contribution in [1.29, 1.82) is 0 Å². The van der Waals surface area contributed by atoms with Crippen LogP contribution in [-0.2, 0) is 9.57 Å². The summed E-state index contributed by atoms with van der Waals surface area (Å²) < 4.78 is 4.82. The third kappa shape index (κ3) is 7.72. The molecular weight excluding hydrogens is 154 g/mol. The zero-order valence-corrected chi connectivity index (χ0v) is 8.01. The Morgan fingerprint density at radius 3 is 2.83 bits per heavy atom. The highest BCUT2D eigenvalue weighted by Crippen LogP contribution is 1.95. The molecule has 0 aliphatic heterocycles. The minimum atomic E-state index is 0.375. The van der Waals surface area contributed by atoms with E-state index in [0.29, 0.717) is 19.3 Å². The SMILES string of the molecule is C=CCCC(C)NOCCOC. The second-order valence-corrected chi connectivity index (χ2v) is 2.73. The third-order valence-corrected chi connectivity index (χ3v) is 1.48. The summed E-state index contributed by atoms with van der Waals surface area (Å²) in [4.78, 5) is 5.12. The van der Waals surface area contributed by atoms with Gasteiger partial charge in [-0.1, -0.05) is 6.08 Å². The highest BCUT2D eigenvalue weighted by Gasteiger charge is 1.98. The molecule has 3 heteroatoms. The molecule has 0 rings (SSSR count). The quantitative estimate of drug-likeness (QED) is 0.343. The first kappa shape index (κ1) is 11.6. The van der Waals surface area contributed by atoms with E-state index in [1.165, 1.54) is 0 Å². The Kier molecular flexibility index (Phi) is 8.44. The molecule has 0 bridgehead atoms. The van der Waals surface area contributed by atoms with Gasteiger partial charge in [0.15, 0.2) is 0 Å². The van der Waals surface area contributed by atoms with Gasteiger partial charge in [0, 0.05) is 13.2 Å². The van der Waals surface area contributed by atoms with Gasteiger partial charge in [-0.3, -0.25) is 4.84 Å². The van der Waals surface area contributed by atoms with Crippen molar-refractivity contribution in [2.75, 3.05) is 20.3 Å². The standard InChI is InChI=1S/C9H19NO2/c1-4-5-6-9(2)10-12-8-7-11-3/h4,9-10H,1,5-8H2,2-3H3. The summed E-state index contributed by atoms with van der Waals surface area (Å²) in [6, 6.07) is 0.375. The minimum Gasteiger partial charge on any atom is -0.382 e. The first-order valence-electron chi connectivity index (χ1n) is 4.28. The van der Waals surface area contributed by atoms with Crippen molar-refractivity contribution in [2.24, 2.45) is 0 Å². The molecule has 0 saturated carbocycles. The van der Waals surface area contributed by atoms with Gasteiger partial charge < -0.3 is 4.74 Å². The molecule has 3 nitrogen and oxygen atoms in total. The summed E-state index contributed by atoms with van der Waals surface area (Å²) in [6.45, 7) is 6.95. The lowest BCUT2D eigenvalue weighted by Gasteiger charge is -2.11. The zero-order valence-electron chi connectivity index (χ0n) is 8.01. The van der Waals surface area contributed by atoms with Crippen molar-refractivity contribution in [2.45, 2.75) is 25.8 Å². The van der Waals surface area contributed by atoms with E-state index in [9.17, 15) is 0 Å². The Labute approximate surface area is 74.7 Å². The van der Waals surface area contributed by atoms with Crippen LogP contribution in [0.25, 0.3) is 0 Å². The van der Waals surface area contributed by atoms with Crippen LogP contribution < -0.4 is 5.48 Å². The first-order valence-corrected chi connectivity index (χ1v) is 4.28. The number of nitrogens with one attached hydrogen (secondary N) is 1. The fraction of sp³-hybridized carbons (Fsp3) is 0.778. The molecule has 0 saturated heterocycles. The Bertz CT molecular complexity index is 107. The molecule has 0 heterocycles. The van der Waals surface area contributed by atoms with Crippen LogP contribution in [0.2, 0.25) is 0 Å². The lowest BCUT2D eigenvalue weighted by Crippen LogP contribution is -2.27. The van der Waals surface area contributed by atoms with Gasteiger partial charge in [0.05, 0.1) is 13.2 Å². The zero-order chi connectivity index (χ0) is 9.23. The van der Waals surface area contributed by atoms with Crippen molar-refractivity contribution in [3.8, 4) is 0 Å². The molecule has 0 aromatic heterocycles. The summed E-state index contributed by atoms with van der Waals surface area (Å²) in [7, 11) is 1.66. The number of ether oxygens (including phenoxy) is 1. The molecule has 1 atom stereocenters. The van der Waals surface area contributed by atoms with Gasteiger partial charge in [-0.25, -0.2) is 0 Å². The van der Waals surface area contributed by atoms with E-state index in [0.717, 1.165) is 12.8 Å².